The first-order valence-corrected chi connectivity index (χ1v) is 5.22. The summed E-state index contributed by atoms with van der Waals surface area (Å²) in [5, 5.41) is 0. The molecule has 0 bridgehead atoms. The number of hydrogen-bond donors (Lipinski definition) is 0. The summed E-state index contributed by atoms with van der Waals surface area (Å²) in [5.41, 5.74) is 4.96. The monoisotopic (exact) mass is 197 g/mol. The molecule has 0 spiro atoms. The molecule has 1 aliphatic rings. The average molecular weight is 197 g/mol. The van der Waals surface area contributed by atoms with E-state index in [1.54, 1.807) is 0 Å². The summed E-state index contributed by atoms with van der Waals surface area (Å²) in [5.74, 6) is 0. The molecule has 0 atom stereocenters. The molecule has 1 aromatic rings. The number of benzene rings is 1. The number of rotatable bonds is 1. The third kappa shape index (κ3) is 2.44. The zero-order valence-corrected chi connectivity index (χ0v) is 9.20. The molecule has 1 heterocycles. The van der Waals surface area contributed by atoms with Gasteiger partial charge in [0.05, 0.1) is 5.71 Å². The molecule has 0 amide bonds. The standard InChI is InChI=1S/C14H15N/c1-11-8-12(2)10-15-14(9-11)13-6-4-3-5-7-13/h3-8,10H,9H2,1-2H3. The minimum atomic E-state index is 0.942. The molecule has 0 fully saturated rings. The van der Waals surface area contributed by atoms with Gasteiger partial charge < -0.3 is 0 Å². The van der Waals surface area contributed by atoms with Gasteiger partial charge in [-0.15, -0.1) is 0 Å². The van der Waals surface area contributed by atoms with Crippen molar-refractivity contribution in [2.75, 3.05) is 0 Å². The molecular weight excluding hydrogens is 182 g/mol. The molecule has 0 saturated carbocycles. The van der Waals surface area contributed by atoms with E-state index >= 15 is 0 Å². The van der Waals surface area contributed by atoms with Crippen LogP contribution in [-0.4, -0.2) is 5.71 Å². The number of aliphatic imine (C=N–C) groups is 1. The number of nitrogens with zero attached hydrogens (tertiary/aromatic N) is 1. The predicted octanol–water partition coefficient (Wildman–Crippen LogP) is 3.73. The highest BCUT2D eigenvalue weighted by atomic mass is 14.7. The van der Waals surface area contributed by atoms with Crippen LogP contribution in [0.25, 0.3) is 0 Å². The van der Waals surface area contributed by atoms with Gasteiger partial charge in [-0.1, -0.05) is 42.0 Å². The highest BCUT2D eigenvalue weighted by Crippen LogP contribution is 2.16. The van der Waals surface area contributed by atoms with Crippen molar-refractivity contribution < 1.29 is 0 Å². The Labute approximate surface area is 90.9 Å². The number of allylic oxidation sites excluding steroid dienone is 3. The minimum absolute atomic E-state index is 0.942. The highest BCUT2D eigenvalue weighted by molar-refractivity contribution is 6.02. The second-order valence-corrected chi connectivity index (χ2v) is 3.98. The van der Waals surface area contributed by atoms with Gasteiger partial charge in [-0.3, -0.25) is 4.99 Å². The molecule has 0 N–H and O–H groups in total. The van der Waals surface area contributed by atoms with E-state index in [9.17, 15) is 0 Å². The Hall–Kier alpha value is -1.63. The molecule has 0 radical (unpaired) electrons. The first-order chi connectivity index (χ1) is 7.25. The van der Waals surface area contributed by atoms with E-state index in [1.807, 2.05) is 12.3 Å². The summed E-state index contributed by atoms with van der Waals surface area (Å²) in [7, 11) is 0. The van der Waals surface area contributed by atoms with Crippen molar-refractivity contribution >= 4 is 5.71 Å². The lowest BCUT2D eigenvalue weighted by atomic mass is 10.0. The fraction of sp³-hybridized carbons (Fsp3) is 0.214. The van der Waals surface area contributed by atoms with Crippen LogP contribution in [0.2, 0.25) is 0 Å². The lowest BCUT2D eigenvalue weighted by Gasteiger charge is -2.04. The zero-order valence-electron chi connectivity index (χ0n) is 9.20. The van der Waals surface area contributed by atoms with Crippen molar-refractivity contribution in [3.8, 4) is 0 Å². The average Bonchev–Trinajstić information content (AvgIpc) is 2.41. The third-order valence-electron chi connectivity index (χ3n) is 2.45. The van der Waals surface area contributed by atoms with Crippen LogP contribution < -0.4 is 0 Å². The van der Waals surface area contributed by atoms with Crippen LogP contribution in [0.1, 0.15) is 25.8 Å². The van der Waals surface area contributed by atoms with Crippen molar-refractivity contribution in [2.45, 2.75) is 20.3 Å². The molecule has 0 saturated heterocycles. The van der Waals surface area contributed by atoms with Crippen LogP contribution in [0.15, 0.2) is 58.7 Å². The minimum Gasteiger partial charge on any atom is -0.260 e. The number of hydrogen-bond acceptors (Lipinski definition) is 1. The zero-order chi connectivity index (χ0) is 10.7. The molecular formula is C14H15N. The van der Waals surface area contributed by atoms with Gasteiger partial charge in [0.2, 0.25) is 0 Å². The summed E-state index contributed by atoms with van der Waals surface area (Å²) in [6, 6.07) is 10.4. The Morgan fingerprint density at radius 1 is 1.07 bits per heavy atom. The van der Waals surface area contributed by atoms with Gasteiger partial charge in [-0.2, -0.15) is 0 Å². The Kier molecular flexibility index (Phi) is 2.82. The van der Waals surface area contributed by atoms with Crippen LogP contribution >= 0.6 is 0 Å². The maximum atomic E-state index is 4.53. The van der Waals surface area contributed by atoms with Gasteiger partial charge in [0.15, 0.2) is 0 Å². The highest BCUT2D eigenvalue weighted by Gasteiger charge is 2.05. The van der Waals surface area contributed by atoms with E-state index in [1.165, 1.54) is 16.7 Å². The van der Waals surface area contributed by atoms with Crippen LogP contribution in [0, 0.1) is 0 Å². The molecule has 15 heavy (non-hydrogen) atoms. The fourth-order valence-electron chi connectivity index (χ4n) is 1.77. The summed E-state index contributed by atoms with van der Waals surface area (Å²) in [6.45, 7) is 4.24. The molecule has 76 valence electrons. The van der Waals surface area contributed by atoms with Crippen molar-refractivity contribution in [1.82, 2.24) is 0 Å². The molecule has 1 heteroatoms. The lowest BCUT2D eigenvalue weighted by molar-refractivity contribution is 1.25. The van der Waals surface area contributed by atoms with Crippen LogP contribution in [0.4, 0.5) is 0 Å². The van der Waals surface area contributed by atoms with Gasteiger partial charge in [0.1, 0.15) is 0 Å². The first kappa shape index (κ1) is 9.91. The molecule has 0 aliphatic carbocycles. The van der Waals surface area contributed by atoms with E-state index in [-0.39, 0.29) is 0 Å². The van der Waals surface area contributed by atoms with Gasteiger partial charge in [-0.05, 0) is 25.0 Å². The Morgan fingerprint density at radius 3 is 2.53 bits per heavy atom. The van der Waals surface area contributed by atoms with Gasteiger partial charge in [0, 0.05) is 12.6 Å². The second-order valence-electron chi connectivity index (χ2n) is 3.98. The Balaban J connectivity index is 2.36. The van der Waals surface area contributed by atoms with E-state index in [0.29, 0.717) is 0 Å². The van der Waals surface area contributed by atoms with Gasteiger partial charge in [-0.25, -0.2) is 0 Å². The summed E-state index contributed by atoms with van der Waals surface area (Å²) in [6.07, 6.45) is 5.08. The lowest BCUT2D eigenvalue weighted by Crippen LogP contribution is -2.00. The second kappa shape index (κ2) is 4.26. The van der Waals surface area contributed by atoms with Crippen molar-refractivity contribution in [3.05, 3.63) is 59.3 Å². The van der Waals surface area contributed by atoms with Gasteiger partial charge in [0.25, 0.3) is 0 Å². The molecule has 2 rings (SSSR count). The topological polar surface area (TPSA) is 12.4 Å². The molecule has 0 unspecified atom stereocenters. The largest absolute Gasteiger partial charge is 0.260 e. The normalized spacial score (nSPS) is 16.3. The molecule has 1 nitrogen and oxygen atoms in total. The predicted molar refractivity (Wildman–Crippen MR) is 65.1 cm³/mol. The quantitative estimate of drug-likeness (QED) is 0.650. The van der Waals surface area contributed by atoms with E-state index < -0.39 is 0 Å². The molecule has 1 aromatic carbocycles. The van der Waals surface area contributed by atoms with E-state index in [0.717, 1.165) is 12.1 Å². The Bertz CT molecular complexity index is 436. The first-order valence-electron chi connectivity index (χ1n) is 5.22. The summed E-state index contributed by atoms with van der Waals surface area (Å²) >= 11 is 0. The maximum absolute atomic E-state index is 4.53. The van der Waals surface area contributed by atoms with Crippen molar-refractivity contribution in [2.24, 2.45) is 4.99 Å². The smallest absolute Gasteiger partial charge is 0.0516 e. The van der Waals surface area contributed by atoms with Crippen molar-refractivity contribution in [3.63, 3.8) is 0 Å². The molecule has 0 aromatic heterocycles. The summed E-state index contributed by atoms with van der Waals surface area (Å²) < 4.78 is 0. The Morgan fingerprint density at radius 2 is 1.80 bits per heavy atom. The van der Waals surface area contributed by atoms with E-state index in [2.05, 4.69) is 49.2 Å². The van der Waals surface area contributed by atoms with Gasteiger partial charge >= 0.3 is 0 Å². The van der Waals surface area contributed by atoms with Crippen LogP contribution in [0.3, 0.4) is 0 Å². The molecule has 1 aliphatic heterocycles. The van der Waals surface area contributed by atoms with Crippen molar-refractivity contribution in [1.29, 1.82) is 0 Å². The van der Waals surface area contributed by atoms with Crippen LogP contribution in [-0.2, 0) is 0 Å². The SMILES string of the molecule is CC1=CN=C(c2ccccc2)CC(C)=C1. The van der Waals surface area contributed by atoms with Crippen LogP contribution in [0.5, 0.6) is 0 Å². The fourth-order valence-corrected chi connectivity index (χ4v) is 1.77. The maximum Gasteiger partial charge on any atom is 0.0516 e. The third-order valence-corrected chi connectivity index (χ3v) is 2.45. The summed E-state index contributed by atoms with van der Waals surface area (Å²) in [4.78, 5) is 4.53. The van der Waals surface area contributed by atoms with E-state index in [4.69, 9.17) is 0 Å².